The Morgan fingerprint density at radius 2 is 2.05 bits per heavy atom. The van der Waals surface area contributed by atoms with E-state index in [1.807, 2.05) is 6.92 Å². The molecule has 8 heteroatoms. The van der Waals surface area contributed by atoms with Crippen LogP contribution in [0.1, 0.15) is 45.4 Å². The largest absolute Gasteiger partial charge is 0.480 e. The number of carbonyl (C=O) groups is 2. The first-order valence-electron chi connectivity index (χ1n) is 7.27. The van der Waals surface area contributed by atoms with E-state index in [2.05, 4.69) is 5.32 Å². The van der Waals surface area contributed by atoms with Crippen LogP contribution in [0.3, 0.4) is 0 Å². The lowest BCUT2D eigenvalue weighted by Gasteiger charge is -2.33. The number of rotatable bonds is 7. The zero-order valence-electron chi connectivity index (χ0n) is 12.5. The van der Waals surface area contributed by atoms with Crippen LogP contribution in [-0.2, 0) is 19.6 Å². The van der Waals surface area contributed by atoms with Crippen LogP contribution in [0, 0.1) is 0 Å². The Morgan fingerprint density at radius 1 is 1.38 bits per heavy atom. The summed E-state index contributed by atoms with van der Waals surface area (Å²) in [4.78, 5) is 23.4. The van der Waals surface area contributed by atoms with Crippen molar-refractivity contribution in [2.75, 3.05) is 12.8 Å². The van der Waals surface area contributed by atoms with E-state index in [4.69, 9.17) is 5.11 Å². The van der Waals surface area contributed by atoms with Gasteiger partial charge < -0.3 is 10.4 Å². The highest BCUT2D eigenvalue weighted by Gasteiger charge is 2.35. The van der Waals surface area contributed by atoms with Crippen LogP contribution in [0.5, 0.6) is 0 Å². The van der Waals surface area contributed by atoms with Crippen molar-refractivity contribution in [1.29, 1.82) is 0 Å². The van der Waals surface area contributed by atoms with Crippen molar-refractivity contribution in [1.82, 2.24) is 9.62 Å². The second kappa shape index (κ2) is 7.74. The van der Waals surface area contributed by atoms with E-state index in [9.17, 15) is 18.0 Å². The minimum absolute atomic E-state index is 0.309. The van der Waals surface area contributed by atoms with Gasteiger partial charge in [0.2, 0.25) is 15.9 Å². The molecule has 1 heterocycles. The third-order valence-corrected chi connectivity index (χ3v) is 4.93. The van der Waals surface area contributed by atoms with E-state index in [1.165, 1.54) is 4.31 Å². The molecule has 122 valence electrons. The third kappa shape index (κ3) is 5.28. The lowest BCUT2D eigenvalue weighted by molar-refractivity contribution is -0.142. The number of nitrogens with zero attached hydrogens (tertiary/aromatic N) is 1. The maximum absolute atomic E-state index is 12.3. The molecule has 1 rings (SSSR count). The van der Waals surface area contributed by atoms with E-state index < -0.39 is 34.0 Å². The topological polar surface area (TPSA) is 104 Å². The molecule has 2 unspecified atom stereocenters. The Hall–Kier alpha value is -1.15. The SMILES string of the molecule is CCCCC(NC(=O)C1CCCCN1S(C)(=O)=O)C(=O)O. The van der Waals surface area contributed by atoms with Crippen molar-refractivity contribution in [3.05, 3.63) is 0 Å². The molecule has 0 aliphatic carbocycles. The fraction of sp³-hybridized carbons (Fsp3) is 0.846. The van der Waals surface area contributed by atoms with Gasteiger partial charge in [0.1, 0.15) is 12.1 Å². The minimum atomic E-state index is -3.47. The van der Waals surface area contributed by atoms with Crippen LogP contribution in [0.4, 0.5) is 0 Å². The van der Waals surface area contributed by atoms with E-state index in [0.29, 0.717) is 25.8 Å². The Balaban J connectivity index is 2.77. The zero-order chi connectivity index (χ0) is 16.0. The highest BCUT2D eigenvalue weighted by Crippen LogP contribution is 2.20. The van der Waals surface area contributed by atoms with Crippen LogP contribution in [0.15, 0.2) is 0 Å². The number of carboxylic acids is 1. The highest BCUT2D eigenvalue weighted by atomic mass is 32.2. The normalized spacial score (nSPS) is 21.7. The molecule has 7 nitrogen and oxygen atoms in total. The van der Waals surface area contributed by atoms with Gasteiger partial charge in [-0.25, -0.2) is 13.2 Å². The number of hydrogen-bond donors (Lipinski definition) is 2. The molecule has 21 heavy (non-hydrogen) atoms. The van der Waals surface area contributed by atoms with Crippen LogP contribution in [0.25, 0.3) is 0 Å². The van der Waals surface area contributed by atoms with E-state index in [-0.39, 0.29) is 0 Å². The van der Waals surface area contributed by atoms with Crippen LogP contribution >= 0.6 is 0 Å². The van der Waals surface area contributed by atoms with Crippen molar-refractivity contribution < 1.29 is 23.1 Å². The second-order valence-corrected chi connectivity index (χ2v) is 7.36. The summed E-state index contributed by atoms with van der Waals surface area (Å²) in [7, 11) is -3.47. The number of nitrogens with one attached hydrogen (secondary N) is 1. The zero-order valence-corrected chi connectivity index (χ0v) is 13.4. The summed E-state index contributed by atoms with van der Waals surface area (Å²) in [6.07, 6.45) is 4.86. The van der Waals surface area contributed by atoms with Gasteiger partial charge in [-0.15, -0.1) is 0 Å². The number of carboxylic acid groups (broad SMARTS) is 1. The van der Waals surface area contributed by atoms with Gasteiger partial charge in [0.05, 0.1) is 6.26 Å². The van der Waals surface area contributed by atoms with Crippen molar-refractivity contribution in [3.8, 4) is 0 Å². The molecule has 0 aromatic rings. The molecule has 1 fully saturated rings. The molecule has 1 aliphatic heterocycles. The number of unbranched alkanes of at least 4 members (excludes halogenated alkanes) is 1. The quantitative estimate of drug-likeness (QED) is 0.713. The molecule has 0 aromatic carbocycles. The molecule has 0 radical (unpaired) electrons. The van der Waals surface area contributed by atoms with Crippen LogP contribution in [0.2, 0.25) is 0 Å². The first-order chi connectivity index (χ1) is 9.77. The first kappa shape index (κ1) is 17.9. The summed E-state index contributed by atoms with van der Waals surface area (Å²) in [5.74, 6) is -1.60. The molecule has 2 N–H and O–H groups in total. The third-order valence-electron chi connectivity index (χ3n) is 3.64. The molecule has 1 amide bonds. The van der Waals surface area contributed by atoms with Crippen molar-refractivity contribution in [2.24, 2.45) is 0 Å². The lowest BCUT2D eigenvalue weighted by atomic mass is 10.0. The molecular formula is C13H24N2O5S. The summed E-state index contributed by atoms with van der Waals surface area (Å²) in [6, 6.07) is -1.75. The summed E-state index contributed by atoms with van der Waals surface area (Å²) in [5, 5.41) is 11.6. The van der Waals surface area contributed by atoms with Gasteiger partial charge in [-0.05, 0) is 19.3 Å². The summed E-state index contributed by atoms with van der Waals surface area (Å²) in [6.45, 7) is 2.25. The van der Waals surface area contributed by atoms with Crippen LogP contribution in [-0.4, -0.2) is 54.6 Å². The van der Waals surface area contributed by atoms with Gasteiger partial charge in [-0.2, -0.15) is 4.31 Å². The van der Waals surface area contributed by atoms with Crippen molar-refractivity contribution >= 4 is 21.9 Å². The summed E-state index contributed by atoms with van der Waals surface area (Å²) >= 11 is 0. The molecular weight excluding hydrogens is 296 g/mol. The molecule has 0 bridgehead atoms. The van der Waals surface area contributed by atoms with Crippen molar-refractivity contribution in [2.45, 2.75) is 57.5 Å². The first-order valence-corrected chi connectivity index (χ1v) is 9.12. The number of piperidine rings is 1. The van der Waals surface area contributed by atoms with Gasteiger partial charge in [-0.3, -0.25) is 4.79 Å². The van der Waals surface area contributed by atoms with Gasteiger partial charge in [0, 0.05) is 6.54 Å². The molecule has 1 saturated heterocycles. The average molecular weight is 320 g/mol. The van der Waals surface area contributed by atoms with Gasteiger partial charge >= 0.3 is 5.97 Å². The maximum Gasteiger partial charge on any atom is 0.326 e. The molecule has 0 saturated carbocycles. The average Bonchev–Trinajstić information content (AvgIpc) is 2.42. The number of amides is 1. The lowest BCUT2D eigenvalue weighted by Crippen LogP contribution is -2.54. The molecule has 0 spiro atoms. The maximum atomic E-state index is 12.3. The Labute approximate surface area is 125 Å². The fourth-order valence-electron chi connectivity index (χ4n) is 2.50. The molecule has 2 atom stereocenters. The number of hydrogen-bond acceptors (Lipinski definition) is 4. The Morgan fingerprint density at radius 3 is 2.57 bits per heavy atom. The predicted molar refractivity (Wildman–Crippen MR) is 78.3 cm³/mol. The Bertz CT molecular complexity index is 477. The van der Waals surface area contributed by atoms with Gasteiger partial charge in [-0.1, -0.05) is 26.2 Å². The Kier molecular flexibility index (Phi) is 6.60. The van der Waals surface area contributed by atoms with Crippen LogP contribution < -0.4 is 5.32 Å². The number of sulfonamides is 1. The minimum Gasteiger partial charge on any atom is -0.480 e. The van der Waals surface area contributed by atoms with Gasteiger partial charge in [0.15, 0.2) is 0 Å². The molecule has 1 aliphatic rings. The standard InChI is InChI=1S/C13H24N2O5S/c1-3-4-7-10(13(17)18)14-12(16)11-8-5-6-9-15(11)21(2,19)20/h10-11H,3-9H2,1-2H3,(H,14,16)(H,17,18). The monoisotopic (exact) mass is 320 g/mol. The smallest absolute Gasteiger partial charge is 0.326 e. The summed E-state index contributed by atoms with van der Waals surface area (Å²) in [5.41, 5.74) is 0. The summed E-state index contributed by atoms with van der Waals surface area (Å²) < 4.78 is 24.6. The van der Waals surface area contributed by atoms with E-state index in [0.717, 1.165) is 25.5 Å². The predicted octanol–water partition coefficient (Wildman–Crippen LogP) is 0.560. The number of aliphatic carboxylic acids is 1. The molecule has 0 aromatic heterocycles. The second-order valence-electron chi connectivity index (χ2n) is 5.43. The fourth-order valence-corrected chi connectivity index (χ4v) is 3.62. The van der Waals surface area contributed by atoms with E-state index in [1.54, 1.807) is 0 Å². The van der Waals surface area contributed by atoms with Crippen molar-refractivity contribution in [3.63, 3.8) is 0 Å². The van der Waals surface area contributed by atoms with Gasteiger partial charge in [0.25, 0.3) is 0 Å². The number of carbonyl (C=O) groups excluding carboxylic acids is 1. The van der Waals surface area contributed by atoms with E-state index >= 15 is 0 Å². The highest BCUT2D eigenvalue weighted by molar-refractivity contribution is 7.88.